The summed E-state index contributed by atoms with van der Waals surface area (Å²) in [6, 6.07) is 7.80. The highest BCUT2D eigenvalue weighted by atomic mass is 16.4. The van der Waals surface area contributed by atoms with Crippen molar-refractivity contribution < 1.29 is 14.7 Å². The topological polar surface area (TPSA) is 87.9 Å². The van der Waals surface area contributed by atoms with E-state index in [1.807, 2.05) is 42.0 Å². The van der Waals surface area contributed by atoms with E-state index in [1.165, 1.54) is 0 Å². The van der Waals surface area contributed by atoms with Gasteiger partial charge in [-0.2, -0.15) is 5.26 Å². The van der Waals surface area contributed by atoms with Crippen molar-refractivity contribution in [2.24, 2.45) is 11.8 Å². The van der Waals surface area contributed by atoms with Gasteiger partial charge < -0.3 is 19.8 Å². The molecule has 2 fully saturated rings. The molecular formula is C20H26N4O3. The summed E-state index contributed by atoms with van der Waals surface area (Å²) in [5.41, 5.74) is 2.78. The van der Waals surface area contributed by atoms with Crippen LogP contribution in [0.5, 0.6) is 0 Å². The number of hydrogen-bond acceptors (Lipinski definition) is 5. The van der Waals surface area contributed by atoms with Gasteiger partial charge in [0.05, 0.1) is 23.5 Å². The van der Waals surface area contributed by atoms with E-state index in [4.69, 9.17) is 5.26 Å². The molecule has 3 rings (SSSR count). The average molecular weight is 370 g/mol. The number of likely N-dealkylation sites (tertiary alicyclic amines) is 1. The van der Waals surface area contributed by atoms with E-state index in [0.29, 0.717) is 44.7 Å². The first kappa shape index (κ1) is 19.2. The molecule has 1 amide bonds. The van der Waals surface area contributed by atoms with Gasteiger partial charge in [0, 0.05) is 38.4 Å². The standard InChI is InChI=1S/C20H26N4O3/c1-14-11-15(12-21)3-4-18(14)23-7-9-24(10-8-23)19(25)16-5-6-22(2)13-17(16)20(26)27/h3-4,11,16-17H,5-10,13H2,1-2H3,(H,26,27)/t16-,17-/m0/s1. The van der Waals surface area contributed by atoms with E-state index in [-0.39, 0.29) is 5.91 Å². The summed E-state index contributed by atoms with van der Waals surface area (Å²) in [4.78, 5) is 30.6. The van der Waals surface area contributed by atoms with Crippen molar-refractivity contribution in [3.63, 3.8) is 0 Å². The van der Waals surface area contributed by atoms with Crippen molar-refractivity contribution in [1.82, 2.24) is 9.80 Å². The van der Waals surface area contributed by atoms with Crippen molar-refractivity contribution in [3.8, 4) is 6.07 Å². The minimum atomic E-state index is -0.883. The second-order valence-electron chi connectivity index (χ2n) is 7.53. The molecule has 144 valence electrons. The summed E-state index contributed by atoms with van der Waals surface area (Å²) in [5.74, 6) is -1.96. The second kappa shape index (κ2) is 7.97. The van der Waals surface area contributed by atoms with Crippen molar-refractivity contribution in [2.45, 2.75) is 13.3 Å². The van der Waals surface area contributed by atoms with E-state index in [2.05, 4.69) is 11.0 Å². The van der Waals surface area contributed by atoms with Crippen LogP contribution in [0.4, 0.5) is 5.69 Å². The Labute approximate surface area is 159 Å². The number of hydrogen-bond donors (Lipinski definition) is 1. The SMILES string of the molecule is Cc1cc(C#N)ccc1N1CCN(C(=O)[C@H]2CCN(C)C[C@@H]2C(=O)O)CC1. The smallest absolute Gasteiger partial charge is 0.308 e. The number of carbonyl (C=O) groups excluding carboxylic acids is 1. The fraction of sp³-hybridized carbons (Fsp3) is 0.550. The van der Waals surface area contributed by atoms with E-state index in [9.17, 15) is 14.7 Å². The number of carboxylic acid groups (broad SMARTS) is 1. The van der Waals surface area contributed by atoms with Crippen molar-refractivity contribution in [1.29, 1.82) is 5.26 Å². The van der Waals surface area contributed by atoms with Gasteiger partial charge in [-0.1, -0.05) is 0 Å². The molecule has 2 heterocycles. The minimum absolute atomic E-state index is 0.0216. The van der Waals surface area contributed by atoms with E-state index >= 15 is 0 Å². The van der Waals surface area contributed by atoms with Crippen LogP contribution in [-0.2, 0) is 9.59 Å². The molecule has 0 aliphatic carbocycles. The number of amides is 1. The van der Waals surface area contributed by atoms with Gasteiger partial charge in [-0.3, -0.25) is 9.59 Å². The van der Waals surface area contributed by atoms with Gasteiger partial charge in [-0.25, -0.2) is 0 Å². The van der Waals surface area contributed by atoms with Crippen LogP contribution in [0.15, 0.2) is 18.2 Å². The Hall–Kier alpha value is -2.59. The molecule has 1 N–H and O–H groups in total. The number of benzene rings is 1. The third-order valence-electron chi connectivity index (χ3n) is 5.71. The molecule has 0 radical (unpaired) electrons. The number of aliphatic carboxylic acids is 1. The first-order valence-corrected chi connectivity index (χ1v) is 9.36. The maximum atomic E-state index is 13.0. The Morgan fingerprint density at radius 1 is 1.15 bits per heavy atom. The lowest BCUT2D eigenvalue weighted by molar-refractivity contribution is -0.153. The number of nitriles is 1. The summed E-state index contributed by atoms with van der Waals surface area (Å²) in [7, 11) is 1.90. The lowest BCUT2D eigenvalue weighted by Crippen LogP contribution is -2.54. The summed E-state index contributed by atoms with van der Waals surface area (Å²) in [6.07, 6.45) is 0.598. The highest BCUT2D eigenvalue weighted by molar-refractivity contribution is 5.85. The molecule has 7 heteroatoms. The van der Waals surface area contributed by atoms with Gasteiger partial charge in [0.1, 0.15) is 0 Å². The lowest BCUT2D eigenvalue weighted by Gasteiger charge is -2.41. The van der Waals surface area contributed by atoms with E-state index in [1.54, 1.807) is 0 Å². The Bertz CT molecular complexity index is 765. The number of carbonyl (C=O) groups is 2. The second-order valence-corrected chi connectivity index (χ2v) is 7.53. The van der Waals surface area contributed by atoms with E-state index < -0.39 is 17.8 Å². The predicted molar refractivity (Wildman–Crippen MR) is 101 cm³/mol. The van der Waals surface area contributed by atoms with Crippen molar-refractivity contribution in [3.05, 3.63) is 29.3 Å². The first-order valence-electron chi connectivity index (χ1n) is 9.36. The maximum absolute atomic E-state index is 13.0. The third-order valence-corrected chi connectivity index (χ3v) is 5.71. The number of rotatable bonds is 3. The average Bonchev–Trinajstić information content (AvgIpc) is 2.67. The van der Waals surface area contributed by atoms with Gasteiger partial charge >= 0.3 is 5.97 Å². The van der Waals surface area contributed by atoms with Crippen LogP contribution >= 0.6 is 0 Å². The zero-order chi connectivity index (χ0) is 19.6. The monoisotopic (exact) mass is 370 g/mol. The number of aryl methyl sites for hydroxylation is 1. The maximum Gasteiger partial charge on any atom is 0.308 e. The first-order chi connectivity index (χ1) is 12.9. The number of piperazine rings is 1. The Morgan fingerprint density at radius 3 is 2.44 bits per heavy atom. The van der Waals surface area contributed by atoms with Crippen LogP contribution in [0.1, 0.15) is 17.5 Å². The Balaban J connectivity index is 1.64. The van der Waals surface area contributed by atoms with Crippen molar-refractivity contribution in [2.75, 3.05) is 51.2 Å². The zero-order valence-electron chi connectivity index (χ0n) is 15.9. The van der Waals surface area contributed by atoms with Gasteiger partial charge in [0.25, 0.3) is 0 Å². The van der Waals surface area contributed by atoms with Crippen LogP contribution in [0.2, 0.25) is 0 Å². The molecule has 0 aromatic heterocycles. The van der Waals surface area contributed by atoms with Gasteiger partial charge in [0.15, 0.2) is 0 Å². The molecule has 2 saturated heterocycles. The largest absolute Gasteiger partial charge is 0.481 e. The van der Waals surface area contributed by atoms with E-state index in [0.717, 1.165) is 17.8 Å². The van der Waals surface area contributed by atoms with Crippen molar-refractivity contribution >= 4 is 17.6 Å². The van der Waals surface area contributed by atoms with Gasteiger partial charge in [0.2, 0.25) is 5.91 Å². The molecule has 0 saturated carbocycles. The molecule has 27 heavy (non-hydrogen) atoms. The summed E-state index contributed by atoms with van der Waals surface area (Å²) in [5, 5.41) is 18.5. The number of piperidine rings is 1. The molecular weight excluding hydrogens is 344 g/mol. The van der Waals surface area contributed by atoms with Crippen LogP contribution in [-0.4, -0.2) is 73.1 Å². The van der Waals surface area contributed by atoms with Crippen LogP contribution in [0, 0.1) is 30.1 Å². The summed E-state index contributed by atoms with van der Waals surface area (Å²) < 4.78 is 0. The molecule has 7 nitrogen and oxygen atoms in total. The van der Waals surface area contributed by atoms with Gasteiger partial charge in [-0.05, 0) is 50.7 Å². The lowest BCUT2D eigenvalue weighted by atomic mass is 9.84. The fourth-order valence-electron chi connectivity index (χ4n) is 4.14. The highest BCUT2D eigenvalue weighted by Crippen LogP contribution is 2.27. The van der Waals surface area contributed by atoms with Crippen LogP contribution in [0.25, 0.3) is 0 Å². The molecule has 0 spiro atoms. The predicted octanol–water partition coefficient (Wildman–Crippen LogP) is 1.17. The zero-order valence-corrected chi connectivity index (χ0v) is 15.9. The molecule has 0 unspecified atom stereocenters. The Morgan fingerprint density at radius 2 is 1.85 bits per heavy atom. The minimum Gasteiger partial charge on any atom is -0.481 e. The fourth-order valence-corrected chi connectivity index (χ4v) is 4.14. The quantitative estimate of drug-likeness (QED) is 0.859. The molecule has 2 aliphatic heterocycles. The number of nitrogens with zero attached hydrogens (tertiary/aromatic N) is 4. The molecule has 2 aliphatic rings. The highest BCUT2D eigenvalue weighted by Gasteiger charge is 2.40. The summed E-state index contributed by atoms with van der Waals surface area (Å²) in [6.45, 7) is 5.78. The Kier molecular flexibility index (Phi) is 5.66. The molecule has 1 aromatic carbocycles. The van der Waals surface area contributed by atoms with Crippen LogP contribution in [0.3, 0.4) is 0 Å². The normalized spacial score (nSPS) is 23.7. The molecule has 1 aromatic rings. The van der Waals surface area contributed by atoms with Gasteiger partial charge in [-0.15, -0.1) is 0 Å². The van der Waals surface area contributed by atoms with Crippen LogP contribution < -0.4 is 4.90 Å². The molecule has 2 atom stereocenters. The number of carboxylic acids is 1. The summed E-state index contributed by atoms with van der Waals surface area (Å²) >= 11 is 0. The third kappa shape index (κ3) is 4.06. The number of anilines is 1. The molecule has 0 bridgehead atoms.